The molecule has 4 heteroatoms. The van der Waals surface area contributed by atoms with Crippen molar-refractivity contribution in [3.63, 3.8) is 0 Å². The van der Waals surface area contributed by atoms with Gasteiger partial charge in [-0.05, 0) is 24.7 Å². The van der Waals surface area contributed by atoms with E-state index in [1.807, 2.05) is 9.80 Å². The molecule has 2 amide bonds. The Bertz CT molecular complexity index is 393. The summed E-state index contributed by atoms with van der Waals surface area (Å²) in [6.45, 7) is 7.23. The molecule has 2 aliphatic carbocycles. The minimum absolute atomic E-state index is 0.204. The Balaban J connectivity index is 1.49. The highest BCUT2D eigenvalue weighted by molar-refractivity contribution is 5.83. The number of carbonyl (C=O) groups is 2. The normalized spacial score (nSPS) is 29.9. The van der Waals surface area contributed by atoms with Crippen LogP contribution >= 0.6 is 0 Å². The minimum Gasteiger partial charge on any atom is -0.339 e. The van der Waals surface area contributed by atoms with Crippen LogP contribution < -0.4 is 0 Å². The Labute approximate surface area is 115 Å². The van der Waals surface area contributed by atoms with Gasteiger partial charge in [-0.15, -0.1) is 0 Å². The molecule has 0 radical (unpaired) electrons. The van der Waals surface area contributed by atoms with Gasteiger partial charge in [0.25, 0.3) is 0 Å². The summed E-state index contributed by atoms with van der Waals surface area (Å²) in [6.07, 6.45) is 4.35. The van der Waals surface area contributed by atoms with Crippen LogP contribution in [-0.4, -0.2) is 47.8 Å². The largest absolute Gasteiger partial charge is 0.339 e. The van der Waals surface area contributed by atoms with Gasteiger partial charge in [-0.1, -0.05) is 20.3 Å². The van der Waals surface area contributed by atoms with Crippen LogP contribution in [0.4, 0.5) is 0 Å². The summed E-state index contributed by atoms with van der Waals surface area (Å²) in [6, 6.07) is 0. The summed E-state index contributed by atoms with van der Waals surface area (Å²) in [7, 11) is 0. The summed E-state index contributed by atoms with van der Waals surface area (Å²) in [5, 5.41) is 0. The van der Waals surface area contributed by atoms with E-state index in [1.54, 1.807) is 0 Å². The van der Waals surface area contributed by atoms with Crippen LogP contribution in [0.2, 0.25) is 0 Å². The van der Waals surface area contributed by atoms with Crippen molar-refractivity contribution >= 4 is 11.8 Å². The molecule has 0 aromatic carbocycles. The number of rotatable bonds is 2. The minimum atomic E-state index is 0.204. The maximum absolute atomic E-state index is 12.3. The molecular weight excluding hydrogens is 240 g/mol. The molecule has 1 unspecified atom stereocenters. The zero-order valence-corrected chi connectivity index (χ0v) is 12.0. The number of piperazine rings is 1. The number of hydrogen-bond donors (Lipinski definition) is 0. The van der Waals surface area contributed by atoms with Crippen molar-refractivity contribution in [3.05, 3.63) is 0 Å². The van der Waals surface area contributed by atoms with E-state index in [1.165, 1.54) is 6.42 Å². The SMILES string of the molecule is CC1(C)CC1C(=O)N1CCN(C(=O)C2CCC2)CC1. The lowest BCUT2D eigenvalue weighted by molar-refractivity contribution is -0.144. The first-order valence-electron chi connectivity index (χ1n) is 7.56. The van der Waals surface area contributed by atoms with Gasteiger partial charge >= 0.3 is 0 Å². The number of nitrogens with zero attached hydrogens (tertiary/aromatic N) is 2. The van der Waals surface area contributed by atoms with Crippen LogP contribution in [0.25, 0.3) is 0 Å². The summed E-state index contributed by atoms with van der Waals surface area (Å²) < 4.78 is 0. The van der Waals surface area contributed by atoms with E-state index in [9.17, 15) is 9.59 Å². The Morgan fingerprint density at radius 1 is 0.947 bits per heavy atom. The molecule has 0 aromatic heterocycles. The standard InChI is InChI=1S/C15H24N2O2/c1-15(2)10-12(15)14(19)17-8-6-16(7-9-17)13(18)11-4-3-5-11/h11-12H,3-10H2,1-2H3. The van der Waals surface area contributed by atoms with Crippen molar-refractivity contribution in [1.29, 1.82) is 0 Å². The molecule has 1 saturated heterocycles. The van der Waals surface area contributed by atoms with E-state index >= 15 is 0 Å². The average Bonchev–Trinajstić information content (AvgIpc) is 2.95. The third-order valence-electron chi connectivity index (χ3n) is 5.17. The molecule has 0 bridgehead atoms. The van der Waals surface area contributed by atoms with Crippen molar-refractivity contribution < 1.29 is 9.59 Å². The monoisotopic (exact) mass is 264 g/mol. The van der Waals surface area contributed by atoms with E-state index in [2.05, 4.69) is 13.8 Å². The van der Waals surface area contributed by atoms with Crippen molar-refractivity contribution in [2.45, 2.75) is 39.5 Å². The molecule has 19 heavy (non-hydrogen) atoms. The zero-order valence-electron chi connectivity index (χ0n) is 12.0. The number of carbonyl (C=O) groups excluding carboxylic acids is 2. The molecule has 2 saturated carbocycles. The zero-order chi connectivity index (χ0) is 13.6. The highest BCUT2D eigenvalue weighted by Gasteiger charge is 2.52. The van der Waals surface area contributed by atoms with E-state index in [-0.39, 0.29) is 17.3 Å². The van der Waals surface area contributed by atoms with Crippen LogP contribution in [0.1, 0.15) is 39.5 Å². The predicted octanol–water partition coefficient (Wildman–Crippen LogP) is 1.50. The third kappa shape index (κ3) is 2.37. The van der Waals surface area contributed by atoms with Crippen LogP contribution in [0.3, 0.4) is 0 Å². The Hall–Kier alpha value is -1.06. The van der Waals surface area contributed by atoms with Gasteiger partial charge in [-0.3, -0.25) is 9.59 Å². The quantitative estimate of drug-likeness (QED) is 0.758. The number of hydrogen-bond acceptors (Lipinski definition) is 2. The van der Waals surface area contributed by atoms with E-state index in [0.29, 0.717) is 11.8 Å². The molecule has 1 atom stereocenters. The summed E-state index contributed by atoms with van der Waals surface area (Å²) in [4.78, 5) is 28.3. The van der Waals surface area contributed by atoms with Crippen molar-refractivity contribution in [2.75, 3.05) is 26.2 Å². The lowest BCUT2D eigenvalue weighted by Gasteiger charge is -2.38. The maximum Gasteiger partial charge on any atom is 0.226 e. The van der Waals surface area contributed by atoms with Crippen molar-refractivity contribution in [3.8, 4) is 0 Å². The molecule has 4 nitrogen and oxygen atoms in total. The lowest BCUT2D eigenvalue weighted by atomic mass is 9.84. The molecule has 3 aliphatic rings. The van der Waals surface area contributed by atoms with Gasteiger partial charge in [0.15, 0.2) is 0 Å². The fourth-order valence-corrected chi connectivity index (χ4v) is 3.17. The molecule has 106 valence electrons. The molecule has 1 aliphatic heterocycles. The fourth-order valence-electron chi connectivity index (χ4n) is 3.17. The third-order valence-corrected chi connectivity index (χ3v) is 5.17. The summed E-state index contributed by atoms with van der Waals surface area (Å²) >= 11 is 0. The second kappa shape index (κ2) is 4.50. The van der Waals surface area contributed by atoms with Crippen LogP contribution in [0, 0.1) is 17.3 Å². The van der Waals surface area contributed by atoms with Gasteiger partial charge in [0.05, 0.1) is 0 Å². The van der Waals surface area contributed by atoms with Crippen molar-refractivity contribution in [1.82, 2.24) is 9.80 Å². The lowest BCUT2D eigenvalue weighted by Crippen LogP contribution is -2.53. The molecule has 1 heterocycles. The highest BCUT2D eigenvalue weighted by Crippen LogP contribution is 2.52. The smallest absolute Gasteiger partial charge is 0.226 e. The first-order valence-corrected chi connectivity index (χ1v) is 7.56. The van der Waals surface area contributed by atoms with E-state index < -0.39 is 0 Å². The Morgan fingerprint density at radius 3 is 1.79 bits per heavy atom. The maximum atomic E-state index is 12.3. The van der Waals surface area contributed by atoms with Crippen LogP contribution in [0.5, 0.6) is 0 Å². The topological polar surface area (TPSA) is 40.6 Å². The van der Waals surface area contributed by atoms with Crippen LogP contribution in [0.15, 0.2) is 0 Å². The van der Waals surface area contributed by atoms with Gasteiger partial charge in [0.2, 0.25) is 11.8 Å². The fraction of sp³-hybridized carbons (Fsp3) is 0.867. The first kappa shape index (κ1) is 12.9. The van der Waals surface area contributed by atoms with E-state index in [0.717, 1.165) is 45.4 Å². The molecule has 3 rings (SSSR count). The van der Waals surface area contributed by atoms with Crippen LogP contribution in [-0.2, 0) is 9.59 Å². The van der Waals surface area contributed by atoms with Gasteiger partial charge in [0.1, 0.15) is 0 Å². The van der Waals surface area contributed by atoms with E-state index in [4.69, 9.17) is 0 Å². The Kier molecular flexibility index (Phi) is 3.06. The first-order chi connectivity index (χ1) is 8.99. The predicted molar refractivity (Wildman–Crippen MR) is 72.4 cm³/mol. The van der Waals surface area contributed by atoms with Gasteiger partial charge in [-0.2, -0.15) is 0 Å². The molecule has 3 fully saturated rings. The van der Waals surface area contributed by atoms with Gasteiger partial charge in [-0.25, -0.2) is 0 Å². The summed E-state index contributed by atoms with van der Waals surface area (Å²) in [5.74, 6) is 1.14. The number of amides is 2. The summed E-state index contributed by atoms with van der Waals surface area (Å²) in [5.41, 5.74) is 0.204. The second-order valence-electron chi connectivity index (χ2n) is 7.02. The van der Waals surface area contributed by atoms with Gasteiger partial charge < -0.3 is 9.80 Å². The molecular formula is C15H24N2O2. The molecule has 0 aromatic rings. The molecule has 0 N–H and O–H groups in total. The van der Waals surface area contributed by atoms with Crippen molar-refractivity contribution in [2.24, 2.45) is 17.3 Å². The van der Waals surface area contributed by atoms with Gasteiger partial charge in [0, 0.05) is 38.0 Å². The average molecular weight is 264 g/mol. The highest BCUT2D eigenvalue weighted by atomic mass is 16.2. The second-order valence-corrected chi connectivity index (χ2v) is 7.02. The Morgan fingerprint density at radius 2 is 1.42 bits per heavy atom. The molecule has 0 spiro atoms.